The Morgan fingerprint density at radius 3 is 1.75 bits per heavy atom. The van der Waals surface area contributed by atoms with Gasteiger partial charge in [-0.3, -0.25) is 0 Å². The van der Waals surface area contributed by atoms with E-state index < -0.39 is 0 Å². The van der Waals surface area contributed by atoms with E-state index in [1.165, 1.54) is 6.34 Å². The van der Waals surface area contributed by atoms with Crippen LogP contribution in [-0.4, -0.2) is 6.34 Å². The van der Waals surface area contributed by atoms with Crippen molar-refractivity contribution in [3.63, 3.8) is 0 Å². The van der Waals surface area contributed by atoms with Crippen molar-refractivity contribution < 1.29 is 17.1 Å². The maximum absolute atomic E-state index is 5.74. The van der Waals surface area contributed by atoms with Crippen LogP contribution in [0.5, 0.6) is 0 Å². The van der Waals surface area contributed by atoms with E-state index in [1.54, 1.807) is 0 Å². The summed E-state index contributed by atoms with van der Waals surface area (Å²) < 4.78 is 0. The van der Waals surface area contributed by atoms with Gasteiger partial charge in [-0.05, 0) is 0 Å². The largest absolute Gasteiger partial charge is 0.563 e. The van der Waals surface area contributed by atoms with Crippen LogP contribution >= 0.6 is 0 Å². The third-order valence-corrected chi connectivity index (χ3v) is 0. The Labute approximate surface area is 35.4 Å². The summed E-state index contributed by atoms with van der Waals surface area (Å²) in [6.07, 6.45) is 1.50. The average molecular weight is 98.0 g/mol. The summed E-state index contributed by atoms with van der Waals surface area (Å²) in [5, 5.41) is 5.74. The van der Waals surface area contributed by atoms with E-state index in [9.17, 15) is 0 Å². The molecule has 0 aromatic rings. The summed E-state index contributed by atoms with van der Waals surface area (Å²) in [4.78, 5) is 0. The minimum Gasteiger partial charge on any atom is -0.563 e. The molecular formula is CH3MnN2-. The van der Waals surface area contributed by atoms with Gasteiger partial charge in [-0.1, -0.05) is 0 Å². The molecule has 0 atom stereocenters. The van der Waals surface area contributed by atoms with Crippen molar-refractivity contribution in [2.24, 2.45) is 5.73 Å². The second-order valence-corrected chi connectivity index (χ2v) is 0.144. The van der Waals surface area contributed by atoms with Crippen LogP contribution in [0.4, 0.5) is 0 Å². The minimum absolute atomic E-state index is 0. The first-order chi connectivity index (χ1) is 1.41. The van der Waals surface area contributed by atoms with Crippen LogP contribution in [0.15, 0.2) is 0 Å². The molecule has 0 rings (SSSR count). The molecule has 0 fully saturated rings. The second kappa shape index (κ2) is 12.1. The zero-order valence-electron chi connectivity index (χ0n) is 1.96. The Bertz CT molecular complexity index is 13.5. The molecule has 1 radical (unpaired) electrons. The number of nitrogens with one attached hydrogen (secondary N) is 1. The molecule has 0 saturated heterocycles. The SMILES string of the molecule is N=[C-]N.[Mn]. The molecule has 0 aromatic heterocycles. The number of nitrogens with two attached hydrogens (primary N) is 1. The van der Waals surface area contributed by atoms with Crippen molar-refractivity contribution in [3.05, 3.63) is 0 Å². The molecule has 4 heavy (non-hydrogen) atoms. The van der Waals surface area contributed by atoms with Crippen LogP contribution in [0.25, 0.3) is 0 Å². The molecule has 0 aliphatic rings. The third-order valence-electron chi connectivity index (χ3n) is 0. The van der Waals surface area contributed by atoms with Crippen molar-refractivity contribution in [2.45, 2.75) is 0 Å². The fourth-order valence-corrected chi connectivity index (χ4v) is 0. The fraction of sp³-hybridized carbons (Fsp3) is 0. The Hall–Kier alpha value is -0.0105. The molecule has 0 spiro atoms. The van der Waals surface area contributed by atoms with E-state index in [0.717, 1.165) is 0 Å². The molecule has 2 nitrogen and oxygen atoms in total. The normalized spacial score (nSPS) is 3.00. The van der Waals surface area contributed by atoms with E-state index in [0.29, 0.717) is 0 Å². The first kappa shape index (κ1) is 9.01. The van der Waals surface area contributed by atoms with Crippen molar-refractivity contribution in [3.8, 4) is 0 Å². The standard InChI is InChI=1S/CH3N2.Mn/c2-1-3;/h(H3,2,3);/q-1;. The van der Waals surface area contributed by atoms with Gasteiger partial charge in [0.25, 0.3) is 0 Å². The Morgan fingerprint density at radius 2 is 1.75 bits per heavy atom. The predicted octanol–water partition coefficient (Wildman–Crippen LogP) is -0.573. The van der Waals surface area contributed by atoms with Crippen molar-refractivity contribution >= 4 is 6.34 Å². The predicted molar refractivity (Wildman–Crippen MR) is 11.9 cm³/mol. The summed E-state index contributed by atoms with van der Waals surface area (Å²) in [7, 11) is 0. The third kappa shape index (κ3) is 17600. The minimum atomic E-state index is 0. The number of rotatable bonds is 0. The van der Waals surface area contributed by atoms with Crippen LogP contribution < -0.4 is 5.73 Å². The summed E-state index contributed by atoms with van der Waals surface area (Å²) in [5.74, 6) is 0. The molecule has 0 unspecified atom stereocenters. The molecule has 0 heterocycles. The molecule has 3 N–H and O–H groups in total. The molecule has 0 saturated carbocycles. The first-order valence-corrected chi connectivity index (χ1v) is 0.539. The zero-order chi connectivity index (χ0) is 2.71. The molecule has 0 aromatic carbocycles. The topological polar surface area (TPSA) is 49.9 Å². The monoisotopic (exact) mass is 98.0 g/mol. The quantitative estimate of drug-likeness (QED) is 0.138. The maximum Gasteiger partial charge on any atom is 0 e. The van der Waals surface area contributed by atoms with Crippen molar-refractivity contribution in [1.82, 2.24) is 0 Å². The van der Waals surface area contributed by atoms with Crippen molar-refractivity contribution in [1.29, 1.82) is 5.41 Å². The van der Waals surface area contributed by atoms with Crippen LogP contribution in [0, 0.1) is 5.41 Å². The van der Waals surface area contributed by atoms with Gasteiger partial charge in [-0.25, -0.2) is 0 Å². The van der Waals surface area contributed by atoms with E-state index in [4.69, 9.17) is 5.41 Å². The van der Waals surface area contributed by atoms with Gasteiger partial charge in [-0.2, -0.15) is 0 Å². The smallest absolute Gasteiger partial charge is 0 e. The number of hydrogen-bond donors (Lipinski definition) is 2. The maximum atomic E-state index is 5.74. The fourth-order valence-electron chi connectivity index (χ4n) is 0. The van der Waals surface area contributed by atoms with Crippen LogP contribution in [0.2, 0.25) is 0 Å². The summed E-state index contributed by atoms with van der Waals surface area (Å²) in [6.45, 7) is 0. The summed E-state index contributed by atoms with van der Waals surface area (Å²) in [5.41, 5.74) is 4.26. The molecule has 0 aliphatic carbocycles. The van der Waals surface area contributed by atoms with E-state index >= 15 is 0 Å². The molecular weight excluding hydrogens is 95.0 g/mol. The first-order valence-electron chi connectivity index (χ1n) is 0.539. The molecule has 25 valence electrons. The van der Waals surface area contributed by atoms with Gasteiger partial charge in [0, 0.05) is 17.1 Å². The van der Waals surface area contributed by atoms with Crippen molar-refractivity contribution in [2.75, 3.05) is 0 Å². The van der Waals surface area contributed by atoms with Gasteiger partial charge in [0.15, 0.2) is 0 Å². The van der Waals surface area contributed by atoms with Crippen LogP contribution in [0.1, 0.15) is 0 Å². The van der Waals surface area contributed by atoms with E-state index in [2.05, 4.69) is 5.73 Å². The molecule has 0 bridgehead atoms. The molecule has 0 aliphatic heterocycles. The summed E-state index contributed by atoms with van der Waals surface area (Å²) in [6, 6.07) is 0. The Balaban J connectivity index is 0. The number of hydrogen-bond acceptors (Lipinski definition) is 1. The van der Waals surface area contributed by atoms with Gasteiger partial charge in [0.2, 0.25) is 0 Å². The Morgan fingerprint density at radius 1 is 1.75 bits per heavy atom. The van der Waals surface area contributed by atoms with Gasteiger partial charge in [0.05, 0.1) is 0 Å². The van der Waals surface area contributed by atoms with E-state index in [-0.39, 0.29) is 17.1 Å². The molecule has 0 amide bonds. The summed E-state index contributed by atoms with van der Waals surface area (Å²) >= 11 is 0. The Kier molecular flexibility index (Phi) is 27.2. The van der Waals surface area contributed by atoms with Crippen LogP contribution in [0.3, 0.4) is 0 Å². The van der Waals surface area contributed by atoms with Gasteiger partial charge >= 0.3 is 0 Å². The molecule has 3 heteroatoms. The second-order valence-electron chi connectivity index (χ2n) is 0.144. The van der Waals surface area contributed by atoms with Gasteiger partial charge in [0.1, 0.15) is 0 Å². The van der Waals surface area contributed by atoms with Gasteiger partial charge in [-0.15, -0.1) is 0 Å². The van der Waals surface area contributed by atoms with E-state index in [1.807, 2.05) is 0 Å². The van der Waals surface area contributed by atoms with Gasteiger partial charge < -0.3 is 17.5 Å². The average Bonchev–Trinajstić information content (AvgIpc) is 0.918. The zero-order valence-corrected chi connectivity index (χ0v) is 3.14. The van der Waals surface area contributed by atoms with Crippen LogP contribution in [-0.2, 0) is 17.1 Å².